The van der Waals surface area contributed by atoms with E-state index in [1.807, 2.05) is 24.7 Å². The third-order valence-corrected chi connectivity index (χ3v) is 2.86. The number of nitrogens with zero attached hydrogens (tertiary/aromatic N) is 2. The summed E-state index contributed by atoms with van der Waals surface area (Å²) in [6.45, 7) is 2.99. The van der Waals surface area contributed by atoms with Crippen LogP contribution in [0, 0.1) is 0 Å². The molecule has 0 saturated carbocycles. The molecule has 5 heteroatoms. The fraction of sp³-hybridized carbons (Fsp3) is 0.333. The number of imidazole rings is 1. The van der Waals surface area contributed by atoms with E-state index in [1.54, 1.807) is 24.4 Å². The van der Waals surface area contributed by atoms with E-state index in [-0.39, 0.29) is 0 Å². The van der Waals surface area contributed by atoms with Gasteiger partial charge < -0.3 is 14.0 Å². The Kier molecular flexibility index (Phi) is 4.76. The number of hydrogen-bond acceptors (Lipinski definition) is 4. The van der Waals surface area contributed by atoms with Crippen LogP contribution in [-0.4, -0.2) is 22.4 Å². The van der Waals surface area contributed by atoms with E-state index in [0.717, 1.165) is 18.5 Å². The van der Waals surface area contributed by atoms with Crippen molar-refractivity contribution < 1.29 is 14.3 Å². The lowest BCUT2D eigenvalue weighted by atomic mass is 10.2. The van der Waals surface area contributed by atoms with Gasteiger partial charge >= 0.3 is 0 Å². The van der Waals surface area contributed by atoms with E-state index < -0.39 is 0 Å². The molecule has 5 nitrogen and oxygen atoms in total. The number of rotatable bonds is 7. The smallest absolute Gasteiger partial charge is 0.153 e. The van der Waals surface area contributed by atoms with Gasteiger partial charge in [0.05, 0.1) is 12.2 Å². The summed E-state index contributed by atoms with van der Waals surface area (Å²) in [5.74, 6) is 2.01. The van der Waals surface area contributed by atoms with Crippen LogP contribution in [0.4, 0.5) is 0 Å². The summed E-state index contributed by atoms with van der Waals surface area (Å²) in [5, 5.41) is 0. The standard InChI is InChI=1S/C15H18N2O3/c1-3-8-19-13-5-4-12(10-18)14(9-13)20-11-15-16-6-7-17(15)2/h4-7,9-10H,3,8,11H2,1-2H3. The highest BCUT2D eigenvalue weighted by molar-refractivity contribution is 5.79. The minimum absolute atomic E-state index is 0.307. The lowest BCUT2D eigenvalue weighted by molar-refractivity contribution is 0.111. The van der Waals surface area contributed by atoms with Gasteiger partial charge in [0.25, 0.3) is 0 Å². The molecule has 0 fully saturated rings. The molecule has 0 spiro atoms. The summed E-state index contributed by atoms with van der Waals surface area (Å²) in [4.78, 5) is 15.2. The predicted molar refractivity (Wildman–Crippen MR) is 75.2 cm³/mol. The van der Waals surface area contributed by atoms with Gasteiger partial charge in [0.15, 0.2) is 6.29 Å². The zero-order valence-electron chi connectivity index (χ0n) is 11.7. The van der Waals surface area contributed by atoms with Crippen LogP contribution in [0.2, 0.25) is 0 Å². The zero-order valence-corrected chi connectivity index (χ0v) is 11.7. The Hall–Kier alpha value is -2.30. The third kappa shape index (κ3) is 3.38. The van der Waals surface area contributed by atoms with Crippen LogP contribution >= 0.6 is 0 Å². The van der Waals surface area contributed by atoms with Gasteiger partial charge in [-0.3, -0.25) is 4.79 Å². The van der Waals surface area contributed by atoms with E-state index in [2.05, 4.69) is 4.98 Å². The second kappa shape index (κ2) is 6.75. The number of aryl methyl sites for hydroxylation is 1. The van der Waals surface area contributed by atoms with Crippen LogP contribution in [-0.2, 0) is 13.7 Å². The molecule has 0 radical (unpaired) electrons. The lowest BCUT2D eigenvalue weighted by Crippen LogP contribution is -2.05. The molecule has 0 saturated heterocycles. The molecule has 106 valence electrons. The summed E-state index contributed by atoms with van der Waals surface area (Å²) in [7, 11) is 1.90. The molecule has 0 unspecified atom stereocenters. The molecule has 1 heterocycles. The van der Waals surface area contributed by atoms with Crippen molar-refractivity contribution in [3.8, 4) is 11.5 Å². The fourth-order valence-electron chi connectivity index (χ4n) is 1.72. The molecule has 0 aliphatic heterocycles. The van der Waals surface area contributed by atoms with E-state index in [0.29, 0.717) is 30.3 Å². The molecule has 0 aliphatic carbocycles. The van der Waals surface area contributed by atoms with Crippen molar-refractivity contribution in [3.63, 3.8) is 0 Å². The van der Waals surface area contributed by atoms with E-state index >= 15 is 0 Å². The summed E-state index contributed by atoms with van der Waals surface area (Å²) in [6.07, 6.45) is 5.26. The molecule has 0 aliphatic rings. The monoisotopic (exact) mass is 274 g/mol. The molecular formula is C15H18N2O3. The number of benzene rings is 1. The summed E-state index contributed by atoms with van der Waals surface area (Å²) < 4.78 is 13.1. The Bertz CT molecular complexity index is 578. The first-order valence-corrected chi connectivity index (χ1v) is 6.55. The van der Waals surface area contributed by atoms with Crippen LogP contribution in [0.5, 0.6) is 11.5 Å². The van der Waals surface area contributed by atoms with Gasteiger partial charge in [-0.05, 0) is 18.6 Å². The third-order valence-electron chi connectivity index (χ3n) is 2.86. The Morgan fingerprint density at radius 2 is 2.20 bits per heavy atom. The highest BCUT2D eigenvalue weighted by atomic mass is 16.5. The Balaban J connectivity index is 2.11. The largest absolute Gasteiger partial charge is 0.493 e. The maximum absolute atomic E-state index is 11.0. The van der Waals surface area contributed by atoms with Crippen molar-refractivity contribution in [1.29, 1.82) is 0 Å². The topological polar surface area (TPSA) is 53.4 Å². The average Bonchev–Trinajstić information content (AvgIpc) is 2.88. The van der Waals surface area contributed by atoms with Crippen molar-refractivity contribution in [3.05, 3.63) is 42.0 Å². The van der Waals surface area contributed by atoms with Crippen molar-refractivity contribution in [2.24, 2.45) is 7.05 Å². The van der Waals surface area contributed by atoms with Crippen LogP contribution < -0.4 is 9.47 Å². The number of carbonyl (C=O) groups is 1. The van der Waals surface area contributed by atoms with Crippen LogP contribution in [0.1, 0.15) is 29.5 Å². The highest BCUT2D eigenvalue weighted by Gasteiger charge is 2.07. The van der Waals surface area contributed by atoms with Gasteiger partial charge in [-0.2, -0.15) is 0 Å². The molecule has 20 heavy (non-hydrogen) atoms. The summed E-state index contributed by atoms with van der Waals surface area (Å²) >= 11 is 0. The van der Waals surface area contributed by atoms with E-state index in [9.17, 15) is 4.79 Å². The number of ether oxygens (including phenoxy) is 2. The second-order valence-electron chi connectivity index (χ2n) is 4.41. The van der Waals surface area contributed by atoms with E-state index in [1.165, 1.54) is 0 Å². The molecule has 0 atom stereocenters. The molecule has 2 rings (SSSR count). The number of hydrogen-bond donors (Lipinski definition) is 0. The number of aldehydes is 1. The quantitative estimate of drug-likeness (QED) is 0.728. The minimum atomic E-state index is 0.307. The Morgan fingerprint density at radius 1 is 1.35 bits per heavy atom. The van der Waals surface area contributed by atoms with Crippen molar-refractivity contribution in [2.75, 3.05) is 6.61 Å². The zero-order chi connectivity index (χ0) is 14.4. The van der Waals surface area contributed by atoms with Gasteiger partial charge in [0.2, 0.25) is 0 Å². The first-order valence-electron chi connectivity index (χ1n) is 6.55. The first-order chi connectivity index (χ1) is 9.74. The lowest BCUT2D eigenvalue weighted by Gasteiger charge is -2.11. The average molecular weight is 274 g/mol. The number of aromatic nitrogens is 2. The van der Waals surface area contributed by atoms with Gasteiger partial charge in [-0.25, -0.2) is 4.98 Å². The molecule has 1 aromatic heterocycles. The van der Waals surface area contributed by atoms with Gasteiger partial charge in [0, 0.05) is 25.5 Å². The molecule has 2 aromatic rings. The van der Waals surface area contributed by atoms with Crippen molar-refractivity contribution in [2.45, 2.75) is 20.0 Å². The molecule has 0 amide bonds. The minimum Gasteiger partial charge on any atom is -0.493 e. The summed E-state index contributed by atoms with van der Waals surface area (Å²) in [5.41, 5.74) is 0.503. The molecule has 1 aromatic carbocycles. The molecule has 0 bridgehead atoms. The van der Waals surface area contributed by atoms with Crippen molar-refractivity contribution in [1.82, 2.24) is 9.55 Å². The predicted octanol–water partition coefficient (Wildman–Crippen LogP) is 2.60. The van der Waals surface area contributed by atoms with Gasteiger partial charge in [0.1, 0.15) is 23.9 Å². The van der Waals surface area contributed by atoms with Crippen LogP contribution in [0.15, 0.2) is 30.6 Å². The number of carbonyl (C=O) groups excluding carboxylic acids is 1. The highest BCUT2D eigenvalue weighted by Crippen LogP contribution is 2.24. The fourth-order valence-corrected chi connectivity index (χ4v) is 1.72. The second-order valence-corrected chi connectivity index (χ2v) is 4.41. The first kappa shape index (κ1) is 14.1. The summed E-state index contributed by atoms with van der Waals surface area (Å²) in [6, 6.07) is 5.21. The van der Waals surface area contributed by atoms with E-state index in [4.69, 9.17) is 9.47 Å². The normalized spacial score (nSPS) is 10.3. The Labute approximate surface area is 118 Å². The maximum atomic E-state index is 11.0. The Morgan fingerprint density at radius 3 is 2.85 bits per heavy atom. The maximum Gasteiger partial charge on any atom is 0.153 e. The van der Waals surface area contributed by atoms with Crippen molar-refractivity contribution >= 4 is 6.29 Å². The van der Waals surface area contributed by atoms with Gasteiger partial charge in [-0.1, -0.05) is 6.92 Å². The van der Waals surface area contributed by atoms with Crippen LogP contribution in [0.25, 0.3) is 0 Å². The SMILES string of the molecule is CCCOc1ccc(C=O)c(OCc2nccn2C)c1. The van der Waals surface area contributed by atoms with Gasteiger partial charge in [-0.15, -0.1) is 0 Å². The van der Waals surface area contributed by atoms with Crippen LogP contribution in [0.3, 0.4) is 0 Å². The molecular weight excluding hydrogens is 256 g/mol. The molecule has 0 N–H and O–H groups in total.